The van der Waals surface area contributed by atoms with Gasteiger partial charge in [0.05, 0.1) is 23.9 Å². The number of amides is 2. The molecule has 2 heterocycles. The fraction of sp³-hybridized carbons (Fsp3) is 0.167. The van der Waals surface area contributed by atoms with E-state index in [1.54, 1.807) is 68.4 Å². The molecule has 2 amide bonds. The molecule has 1 fully saturated rings. The number of esters is 2. The minimum atomic E-state index is -1.81. The van der Waals surface area contributed by atoms with Crippen molar-refractivity contribution in [3.05, 3.63) is 82.4 Å². The molecule has 2 aromatic carbocycles. The summed E-state index contributed by atoms with van der Waals surface area (Å²) >= 11 is 0. The van der Waals surface area contributed by atoms with Crippen molar-refractivity contribution in [1.29, 1.82) is 0 Å². The molecule has 0 N–H and O–H groups in total. The summed E-state index contributed by atoms with van der Waals surface area (Å²) in [7, 11) is 1.29. The van der Waals surface area contributed by atoms with Crippen LogP contribution in [0.25, 0.3) is 6.08 Å². The zero-order valence-corrected chi connectivity index (χ0v) is 17.2. The zero-order valence-electron chi connectivity index (χ0n) is 17.2. The quantitative estimate of drug-likeness (QED) is 0.433. The van der Waals surface area contributed by atoms with Crippen LogP contribution in [0.1, 0.15) is 29.8 Å². The number of nitrogens with zero attached hydrogens (tertiary/aromatic N) is 1. The number of benzene rings is 2. The molecule has 0 bridgehead atoms. The summed E-state index contributed by atoms with van der Waals surface area (Å²) in [4.78, 5) is 52.0. The molecule has 1 spiro atoms. The van der Waals surface area contributed by atoms with Gasteiger partial charge in [0.2, 0.25) is 5.60 Å². The predicted octanol–water partition coefficient (Wildman–Crippen LogP) is 3.06. The third kappa shape index (κ3) is 2.97. The molecule has 2 aromatic rings. The molecular weight excluding hydrogens is 398 g/mol. The van der Waals surface area contributed by atoms with Crippen molar-refractivity contribution < 1.29 is 28.7 Å². The minimum Gasteiger partial charge on any atom is -0.465 e. The van der Waals surface area contributed by atoms with Gasteiger partial charge in [-0.15, -0.1) is 0 Å². The standard InChI is InChI=1S/C24H19NO6/c1-14-15(2)24(31-21(14)27)19(13-16-9-11-17(12-10-16)22(28)30-3)20(26)25(23(24)29)18-7-5-4-6-8-18/h4-13H,1-3H3/b19-13+. The number of carbonyl (C=O) groups excluding carboxylic acids is 4. The largest absolute Gasteiger partial charge is 0.465 e. The second-order valence-electron chi connectivity index (χ2n) is 7.27. The molecule has 2 aliphatic heterocycles. The number of anilines is 1. The van der Waals surface area contributed by atoms with Gasteiger partial charge < -0.3 is 9.47 Å². The maximum Gasteiger partial charge on any atom is 0.337 e. The Bertz CT molecular complexity index is 1180. The highest BCUT2D eigenvalue weighted by Crippen LogP contribution is 2.46. The van der Waals surface area contributed by atoms with E-state index < -0.39 is 29.4 Å². The molecule has 31 heavy (non-hydrogen) atoms. The Morgan fingerprint density at radius 3 is 2.19 bits per heavy atom. The number of hydrogen-bond acceptors (Lipinski definition) is 6. The van der Waals surface area contributed by atoms with Crippen molar-refractivity contribution >= 4 is 35.5 Å². The molecular formula is C24H19NO6. The molecule has 0 saturated carbocycles. The van der Waals surface area contributed by atoms with Crippen LogP contribution in [0.5, 0.6) is 0 Å². The molecule has 7 nitrogen and oxygen atoms in total. The third-order valence-electron chi connectivity index (χ3n) is 5.62. The minimum absolute atomic E-state index is 0.0369. The van der Waals surface area contributed by atoms with Gasteiger partial charge in [0.15, 0.2) is 0 Å². The van der Waals surface area contributed by atoms with E-state index >= 15 is 0 Å². The van der Waals surface area contributed by atoms with Gasteiger partial charge in [-0.05, 0) is 55.3 Å². The Labute approximate surface area is 178 Å². The summed E-state index contributed by atoms with van der Waals surface area (Å²) in [6, 6.07) is 14.8. The molecule has 7 heteroatoms. The van der Waals surface area contributed by atoms with Crippen LogP contribution < -0.4 is 4.90 Å². The fourth-order valence-corrected chi connectivity index (χ4v) is 3.78. The number of para-hydroxylation sites is 1. The first-order chi connectivity index (χ1) is 14.8. The maximum absolute atomic E-state index is 13.5. The van der Waals surface area contributed by atoms with E-state index in [9.17, 15) is 19.2 Å². The molecule has 2 aliphatic rings. The third-order valence-corrected chi connectivity index (χ3v) is 5.62. The normalized spacial score (nSPS) is 22.0. The van der Waals surface area contributed by atoms with E-state index in [4.69, 9.17) is 9.47 Å². The Kier molecular flexibility index (Phi) is 4.81. The van der Waals surface area contributed by atoms with E-state index in [2.05, 4.69) is 0 Å². The first kappa shape index (κ1) is 20.3. The molecule has 1 saturated heterocycles. The topological polar surface area (TPSA) is 90.0 Å². The summed E-state index contributed by atoms with van der Waals surface area (Å²) in [6.07, 6.45) is 1.51. The summed E-state index contributed by atoms with van der Waals surface area (Å²) in [5.74, 6) is -2.34. The number of rotatable bonds is 3. The average molecular weight is 417 g/mol. The first-order valence-electron chi connectivity index (χ1n) is 9.57. The van der Waals surface area contributed by atoms with Gasteiger partial charge >= 0.3 is 11.9 Å². The van der Waals surface area contributed by atoms with Crippen molar-refractivity contribution in [3.63, 3.8) is 0 Å². The average Bonchev–Trinajstić information content (AvgIpc) is 3.14. The van der Waals surface area contributed by atoms with Crippen molar-refractivity contribution in [3.8, 4) is 0 Å². The molecule has 1 unspecified atom stereocenters. The van der Waals surface area contributed by atoms with Crippen molar-refractivity contribution in [2.45, 2.75) is 19.4 Å². The Morgan fingerprint density at radius 1 is 1.00 bits per heavy atom. The van der Waals surface area contributed by atoms with E-state index in [0.717, 1.165) is 4.90 Å². The van der Waals surface area contributed by atoms with Gasteiger partial charge in [-0.25, -0.2) is 14.5 Å². The summed E-state index contributed by atoms with van der Waals surface area (Å²) in [6.45, 7) is 3.19. The zero-order chi connectivity index (χ0) is 22.3. The van der Waals surface area contributed by atoms with E-state index in [1.165, 1.54) is 13.2 Å². The Hall–Kier alpha value is -4.00. The highest BCUT2D eigenvalue weighted by Gasteiger charge is 2.63. The van der Waals surface area contributed by atoms with E-state index in [-0.39, 0.29) is 5.57 Å². The van der Waals surface area contributed by atoms with E-state index in [0.29, 0.717) is 28.0 Å². The van der Waals surface area contributed by atoms with Gasteiger partial charge in [-0.3, -0.25) is 9.59 Å². The Balaban J connectivity index is 1.87. The van der Waals surface area contributed by atoms with Gasteiger partial charge in [0.25, 0.3) is 11.8 Å². The molecule has 156 valence electrons. The lowest BCUT2D eigenvalue weighted by Gasteiger charge is -2.23. The summed E-state index contributed by atoms with van der Waals surface area (Å²) in [5, 5.41) is 0. The van der Waals surface area contributed by atoms with Crippen LogP contribution in [0.4, 0.5) is 5.69 Å². The molecule has 0 aromatic heterocycles. The van der Waals surface area contributed by atoms with Crippen LogP contribution in [0.15, 0.2) is 71.3 Å². The van der Waals surface area contributed by atoms with Gasteiger partial charge in [-0.1, -0.05) is 30.3 Å². The first-order valence-corrected chi connectivity index (χ1v) is 9.57. The second-order valence-corrected chi connectivity index (χ2v) is 7.27. The lowest BCUT2D eigenvalue weighted by Crippen LogP contribution is -2.42. The van der Waals surface area contributed by atoms with Crippen LogP contribution in [-0.4, -0.2) is 36.5 Å². The van der Waals surface area contributed by atoms with Gasteiger partial charge in [0.1, 0.15) is 0 Å². The number of imide groups is 1. The number of carbonyl (C=O) groups is 4. The highest BCUT2D eigenvalue weighted by atomic mass is 16.6. The van der Waals surface area contributed by atoms with Crippen LogP contribution in [-0.2, 0) is 23.9 Å². The smallest absolute Gasteiger partial charge is 0.337 e. The lowest BCUT2D eigenvalue weighted by molar-refractivity contribution is -0.150. The molecule has 1 atom stereocenters. The molecule has 4 rings (SSSR count). The number of methoxy groups -OCH3 is 1. The second kappa shape index (κ2) is 7.36. The summed E-state index contributed by atoms with van der Waals surface area (Å²) in [5.41, 5.74) is 0.193. The van der Waals surface area contributed by atoms with Gasteiger partial charge in [0, 0.05) is 5.57 Å². The number of ether oxygens (including phenoxy) is 2. The van der Waals surface area contributed by atoms with Crippen LogP contribution in [0.3, 0.4) is 0 Å². The van der Waals surface area contributed by atoms with Crippen LogP contribution >= 0.6 is 0 Å². The molecule has 0 radical (unpaired) electrons. The fourth-order valence-electron chi connectivity index (χ4n) is 3.78. The number of hydrogen-bond donors (Lipinski definition) is 0. The monoisotopic (exact) mass is 417 g/mol. The predicted molar refractivity (Wildman–Crippen MR) is 112 cm³/mol. The molecule has 0 aliphatic carbocycles. The Morgan fingerprint density at radius 2 is 1.65 bits per heavy atom. The van der Waals surface area contributed by atoms with Gasteiger partial charge in [-0.2, -0.15) is 0 Å². The lowest BCUT2D eigenvalue weighted by atomic mass is 9.86. The van der Waals surface area contributed by atoms with E-state index in [1.807, 2.05) is 0 Å². The highest BCUT2D eigenvalue weighted by molar-refractivity contribution is 6.36. The van der Waals surface area contributed by atoms with Crippen molar-refractivity contribution in [2.75, 3.05) is 12.0 Å². The van der Waals surface area contributed by atoms with Crippen LogP contribution in [0, 0.1) is 0 Å². The van der Waals surface area contributed by atoms with Crippen LogP contribution in [0.2, 0.25) is 0 Å². The maximum atomic E-state index is 13.5. The van der Waals surface area contributed by atoms with Crippen molar-refractivity contribution in [2.24, 2.45) is 0 Å². The SMILES string of the molecule is COC(=O)c1ccc(/C=C2\C(=O)N(c3ccccc3)C(=O)C23OC(=O)C(C)=C3C)cc1. The van der Waals surface area contributed by atoms with Crippen molar-refractivity contribution in [1.82, 2.24) is 0 Å². The summed E-state index contributed by atoms with van der Waals surface area (Å²) < 4.78 is 10.3.